The van der Waals surface area contributed by atoms with Gasteiger partial charge in [-0.05, 0) is 18.6 Å². The topological polar surface area (TPSA) is 69.9 Å². The first kappa shape index (κ1) is 11.9. The van der Waals surface area contributed by atoms with Crippen molar-refractivity contribution in [2.45, 2.75) is 19.1 Å². The number of alkyl halides is 2. The van der Waals surface area contributed by atoms with Crippen molar-refractivity contribution in [1.82, 2.24) is 0 Å². The molecule has 0 amide bonds. The molecular formula is C9H12F2O4. The fourth-order valence-corrected chi connectivity index (χ4v) is 1.20. The van der Waals surface area contributed by atoms with Gasteiger partial charge in [-0.15, -0.1) is 0 Å². The number of rotatable bonds is 4. The van der Waals surface area contributed by atoms with Gasteiger partial charge >= 0.3 is 0 Å². The van der Waals surface area contributed by atoms with Gasteiger partial charge in [-0.3, -0.25) is 0 Å². The number of allylic oxidation sites excluding steroid dienone is 1. The number of hydrogen-bond acceptors (Lipinski definition) is 4. The second-order valence-corrected chi connectivity index (χ2v) is 3.16. The first-order valence-corrected chi connectivity index (χ1v) is 4.38. The van der Waals surface area contributed by atoms with E-state index >= 15 is 0 Å². The molecule has 1 rings (SSSR count). The normalized spacial score (nSPS) is 23.6. The maximum Gasteiger partial charge on any atom is 0.261 e. The summed E-state index contributed by atoms with van der Waals surface area (Å²) in [5.74, 6) is -1.29. The minimum absolute atomic E-state index is 0.223. The summed E-state index contributed by atoms with van der Waals surface area (Å²) >= 11 is 0. The number of aliphatic hydroxyl groups is 3. The molecule has 1 aliphatic rings. The third-order valence-electron chi connectivity index (χ3n) is 1.98. The Kier molecular flexibility index (Phi) is 4.05. The van der Waals surface area contributed by atoms with E-state index in [1.54, 1.807) is 0 Å². The van der Waals surface area contributed by atoms with Crippen molar-refractivity contribution in [3.05, 3.63) is 23.7 Å². The summed E-state index contributed by atoms with van der Waals surface area (Å²) in [5.41, 5.74) is 0. The molecule has 0 aliphatic heterocycles. The van der Waals surface area contributed by atoms with Crippen molar-refractivity contribution < 1.29 is 28.8 Å². The maximum atomic E-state index is 11.7. The zero-order valence-electron chi connectivity index (χ0n) is 7.81. The van der Waals surface area contributed by atoms with E-state index in [0.717, 1.165) is 0 Å². The maximum absolute atomic E-state index is 11.7. The molecule has 2 atom stereocenters. The van der Waals surface area contributed by atoms with Crippen molar-refractivity contribution in [3.63, 3.8) is 0 Å². The minimum Gasteiger partial charge on any atom is -0.504 e. The van der Waals surface area contributed by atoms with Crippen molar-refractivity contribution in [3.8, 4) is 0 Å². The van der Waals surface area contributed by atoms with E-state index in [1.165, 1.54) is 12.2 Å². The predicted octanol–water partition coefficient (Wildman–Crippen LogP) is 1.49. The van der Waals surface area contributed by atoms with Crippen LogP contribution in [0.3, 0.4) is 0 Å². The van der Waals surface area contributed by atoms with E-state index in [4.69, 9.17) is 10.2 Å². The van der Waals surface area contributed by atoms with Crippen molar-refractivity contribution in [2.24, 2.45) is 5.92 Å². The number of aliphatic hydroxyl groups excluding tert-OH is 3. The number of hydrogen-bond donors (Lipinski definition) is 3. The lowest BCUT2D eigenvalue weighted by Gasteiger charge is -2.21. The molecule has 0 aromatic rings. The Morgan fingerprint density at radius 1 is 1.40 bits per heavy atom. The van der Waals surface area contributed by atoms with Gasteiger partial charge in [0.15, 0.2) is 17.8 Å². The van der Waals surface area contributed by atoms with E-state index in [2.05, 4.69) is 4.74 Å². The molecule has 0 saturated heterocycles. The fraction of sp³-hybridized carbons (Fsp3) is 0.556. The summed E-state index contributed by atoms with van der Waals surface area (Å²) < 4.78 is 28.0. The van der Waals surface area contributed by atoms with E-state index in [-0.39, 0.29) is 17.9 Å². The largest absolute Gasteiger partial charge is 0.504 e. The van der Waals surface area contributed by atoms with E-state index in [9.17, 15) is 13.9 Å². The molecule has 0 spiro atoms. The van der Waals surface area contributed by atoms with Gasteiger partial charge in [-0.25, -0.2) is 8.78 Å². The monoisotopic (exact) mass is 222 g/mol. The van der Waals surface area contributed by atoms with Crippen LogP contribution < -0.4 is 0 Å². The third-order valence-corrected chi connectivity index (χ3v) is 1.98. The Balaban J connectivity index is 2.46. The average Bonchev–Trinajstić information content (AvgIpc) is 2.18. The van der Waals surface area contributed by atoms with Gasteiger partial charge in [0.2, 0.25) is 0 Å². The Morgan fingerprint density at radius 3 is 2.60 bits per heavy atom. The Morgan fingerprint density at radius 2 is 2.07 bits per heavy atom. The van der Waals surface area contributed by atoms with Crippen LogP contribution in [0.25, 0.3) is 0 Å². The molecule has 0 radical (unpaired) electrons. The molecule has 0 saturated carbocycles. The van der Waals surface area contributed by atoms with Gasteiger partial charge in [0.1, 0.15) is 6.61 Å². The molecule has 0 bridgehead atoms. The van der Waals surface area contributed by atoms with Gasteiger partial charge < -0.3 is 20.1 Å². The van der Waals surface area contributed by atoms with Crippen LogP contribution in [-0.2, 0) is 4.74 Å². The summed E-state index contributed by atoms with van der Waals surface area (Å²) in [5, 5.41) is 27.4. The molecule has 15 heavy (non-hydrogen) atoms. The molecule has 0 fully saturated rings. The standard InChI is InChI=1S/C9H12F2O4/c10-8(11)4-15-9(14)5-1-2-6(12)7(13)3-5/h2-3,5,8-9,12-14H,1,4H2. The number of ether oxygens (including phenoxy) is 1. The summed E-state index contributed by atoms with van der Waals surface area (Å²) in [4.78, 5) is 0. The lowest BCUT2D eigenvalue weighted by atomic mass is 9.98. The van der Waals surface area contributed by atoms with Gasteiger partial charge in [0, 0.05) is 5.92 Å². The average molecular weight is 222 g/mol. The molecule has 2 unspecified atom stereocenters. The van der Waals surface area contributed by atoms with Crippen LogP contribution in [0.4, 0.5) is 8.78 Å². The van der Waals surface area contributed by atoms with Crippen molar-refractivity contribution in [2.75, 3.05) is 6.61 Å². The second kappa shape index (κ2) is 5.09. The number of halogens is 2. The molecule has 4 nitrogen and oxygen atoms in total. The van der Waals surface area contributed by atoms with Gasteiger partial charge in [-0.2, -0.15) is 0 Å². The molecule has 0 aromatic heterocycles. The molecule has 6 heteroatoms. The van der Waals surface area contributed by atoms with E-state index in [0.29, 0.717) is 0 Å². The highest BCUT2D eigenvalue weighted by Crippen LogP contribution is 2.23. The smallest absolute Gasteiger partial charge is 0.261 e. The fourth-order valence-electron chi connectivity index (χ4n) is 1.20. The summed E-state index contributed by atoms with van der Waals surface area (Å²) in [7, 11) is 0. The Labute approximate surface area is 85.1 Å². The van der Waals surface area contributed by atoms with Gasteiger partial charge in [0.25, 0.3) is 6.43 Å². The highest BCUT2D eigenvalue weighted by Gasteiger charge is 2.23. The lowest BCUT2D eigenvalue weighted by Crippen LogP contribution is -2.26. The molecule has 0 heterocycles. The Bertz CT molecular complexity index is 275. The highest BCUT2D eigenvalue weighted by atomic mass is 19.3. The van der Waals surface area contributed by atoms with Gasteiger partial charge in [0.05, 0.1) is 0 Å². The minimum atomic E-state index is -2.65. The van der Waals surface area contributed by atoms with E-state index in [1.807, 2.05) is 0 Å². The first-order chi connectivity index (χ1) is 7.00. The van der Waals surface area contributed by atoms with Crippen LogP contribution in [0.5, 0.6) is 0 Å². The van der Waals surface area contributed by atoms with Crippen LogP contribution in [0.1, 0.15) is 6.42 Å². The first-order valence-electron chi connectivity index (χ1n) is 4.38. The molecule has 0 aromatic carbocycles. The third kappa shape index (κ3) is 3.49. The van der Waals surface area contributed by atoms with Crippen LogP contribution in [0, 0.1) is 5.92 Å². The molecular weight excluding hydrogens is 210 g/mol. The highest BCUT2D eigenvalue weighted by molar-refractivity contribution is 5.23. The SMILES string of the molecule is OC1=CCC(C(O)OCC(F)F)C=C1O. The molecule has 1 aliphatic carbocycles. The summed E-state index contributed by atoms with van der Waals surface area (Å²) in [6.07, 6.45) is -1.38. The van der Waals surface area contributed by atoms with Crippen molar-refractivity contribution >= 4 is 0 Å². The quantitative estimate of drug-likeness (QED) is 0.630. The van der Waals surface area contributed by atoms with Crippen molar-refractivity contribution in [1.29, 1.82) is 0 Å². The summed E-state index contributed by atoms with van der Waals surface area (Å²) in [6.45, 7) is -0.859. The molecule has 86 valence electrons. The molecule has 3 N–H and O–H groups in total. The lowest BCUT2D eigenvalue weighted by molar-refractivity contribution is -0.147. The van der Waals surface area contributed by atoms with E-state index < -0.39 is 25.2 Å². The van der Waals surface area contributed by atoms with Crippen LogP contribution in [-0.4, -0.2) is 34.6 Å². The van der Waals surface area contributed by atoms with Crippen LogP contribution in [0.15, 0.2) is 23.7 Å². The Hall–Kier alpha value is -1.14. The summed E-state index contributed by atoms with van der Waals surface area (Å²) in [6, 6.07) is 0. The zero-order valence-corrected chi connectivity index (χ0v) is 7.81. The zero-order chi connectivity index (χ0) is 11.4. The predicted molar refractivity (Wildman–Crippen MR) is 47.5 cm³/mol. The van der Waals surface area contributed by atoms with Crippen LogP contribution in [0.2, 0.25) is 0 Å². The van der Waals surface area contributed by atoms with Gasteiger partial charge in [-0.1, -0.05) is 0 Å². The second-order valence-electron chi connectivity index (χ2n) is 3.16. The van der Waals surface area contributed by atoms with Crippen LogP contribution >= 0.6 is 0 Å².